The fraction of sp³-hybridized carbons (Fsp3) is 0.188. The van der Waals surface area contributed by atoms with Crippen LogP contribution < -0.4 is 0 Å². The van der Waals surface area contributed by atoms with Gasteiger partial charge in [-0.05, 0) is 47.9 Å². The van der Waals surface area contributed by atoms with E-state index in [1.54, 1.807) is 18.2 Å². The predicted octanol–water partition coefficient (Wildman–Crippen LogP) is 3.49. The minimum atomic E-state index is -0.572. The van der Waals surface area contributed by atoms with Crippen molar-refractivity contribution in [3.8, 4) is 6.07 Å². The quantitative estimate of drug-likeness (QED) is 0.779. The van der Waals surface area contributed by atoms with E-state index in [4.69, 9.17) is 10.00 Å². The zero-order valence-electron chi connectivity index (χ0n) is 10.5. The number of hydrogen-bond acceptors (Lipinski definition) is 2. The van der Waals surface area contributed by atoms with Crippen LogP contribution in [-0.4, -0.2) is 0 Å². The summed E-state index contributed by atoms with van der Waals surface area (Å²) in [5.74, 6) is -0.259. The van der Waals surface area contributed by atoms with Crippen LogP contribution in [-0.2, 0) is 16.9 Å². The summed E-state index contributed by atoms with van der Waals surface area (Å²) in [6.45, 7) is 2.44. The summed E-state index contributed by atoms with van der Waals surface area (Å²) in [5.41, 5.74) is 3.03. The van der Waals surface area contributed by atoms with Crippen LogP contribution in [0, 0.1) is 17.1 Å². The van der Waals surface area contributed by atoms with Gasteiger partial charge in [-0.25, -0.2) is 4.39 Å². The Kier molecular flexibility index (Phi) is 2.62. The molecule has 2 aromatic rings. The van der Waals surface area contributed by atoms with Crippen LogP contribution in [0.4, 0.5) is 4.39 Å². The molecule has 0 spiro atoms. The molecule has 1 heterocycles. The number of benzene rings is 2. The van der Waals surface area contributed by atoms with E-state index in [-0.39, 0.29) is 5.82 Å². The average molecular weight is 253 g/mol. The Morgan fingerprint density at radius 1 is 1.21 bits per heavy atom. The molecule has 3 rings (SSSR count). The summed E-state index contributed by atoms with van der Waals surface area (Å²) in [6, 6.07) is 14.0. The van der Waals surface area contributed by atoms with Crippen LogP contribution in [0.25, 0.3) is 0 Å². The molecule has 0 saturated carbocycles. The first-order valence-electron chi connectivity index (χ1n) is 6.07. The third-order valence-electron chi connectivity index (χ3n) is 3.66. The second kappa shape index (κ2) is 4.18. The lowest BCUT2D eigenvalue weighted by Gasteiger charge is -2.25. The van der Waals surface area contributed by atoms with E-state index in [0.717, 1.165) is 16.7 Å². The standard InChI is InChI=1S/C16H12FNO/c1-16(13-3-5-14(17)6-4-13)15-7-2-11(9-18)8-12(15)10-19-16/h2-8H,10H2,1H3. The Bertz CT molecular complexity index is 672. The number of hydrogen-bond donors (Lipinski definition) is 0. The van der Waals surface area contributed by atoms with Crippen molar-refractivity contribution in [2.75, 3.05) is 0 Å². The Morgan fingerprint density at radius 3 is 2.63 bits per heavy atom. The molecule has 0 N–H and O–H groups in total. The van der Waals surface area contributed by atoms with Gasteiger partial charge < -0.3 is 4.74 Å². The van der Waals surface area contributed by atoms with Crippen molar-refractivity contribution >= 4 is 0 Å². The molecule has 0 saturated heterocycles. The van der Waals surface area contributed by atoms with Crippen LogP contribution in [0.3, 0.4) is 0 Å². The smallest absolute Gasteiger partial charge is 0.123 e. The highest BCUT2D eigenvalue weighted by atomic mass is 19.1. The van der Waals surface area contributed by atoms with Crippen molar-refractivity contribution in [1.82, 2.24) is 0 Å². The maximum atomic E-state index is 13.0. The van der Waals surface area contributed by atoms with Crippen molar-refractivity contribution in [1.29, 1.82) is 5.26 Å². The lowest BCUT2D eigenvalue weighted by molar-refractivity contribution is 0.00967. The second-order valence-electron chi connectivity index (χ2n) is 4.81. The van der Waals surface area contributed by atoms with Gasteiger partial charge in [0.15, 0.2) is 0 Å². The number of nitriles is 1. The zero-order chi connectivity index (χ0) is 13.5. The minimum Gasteiger partial charge on any atom is -0.361 e. The lowest BCUT2D eigenvalue weighted by Crippen LogP contribution is -2.22. The molecule has 1 unspecified atom stereocenters. The van der Waals surface area contributed by atoms with Crippen LogP contribution in [0.2, 0.25) is 0 Å². The van der Waals surface area contributed by atoms with E-state index >= 15 is 0 Å². The summed E-state index contributed by atoms with van der Waals surface area (Å²) in [5, 5.41) is 8.91. The molecule has 3 heteroatoms. The molecule has 1 atom stereocenters. The summed E-state index contributed by atoms with van der Waals surface area (Å²) in [4.78, 5) is 0. The Morgan fingerprint density at radius 2 is 1.95 bits per heavy atom. The number of ether oxygens (including phenoxy) is 1. The normalized spacial score (nSPS) is 20.9. The molecule has 2 nitrogen and oxygen atoms in total. The van der Waals surface area contributed by atoms with E-state index in [1.165, 1.54) is 12.1 Å². The summed E-state index contributed by atoms with van der Waals surface area (Å²) >= 11 is 0. The van der Waals surface area contributed by atoms with Crippen molar-refractivity contribution in [2.24, 2.45) is 0 Å². The molecule has 2 aromatic carbocycles. The van der Waals surface area contributed by atoms with E-state index in [9.17, 15) is 4.39 Å². The highest BCUT2D eigenvalue weighted by Crippen LogP contribution is 2.41. The van der Waals surface area contributed by atoms with Gasteiger partial charge in [0, 0.05) is 0 Å². The molecule has 1 aliphatic rings. The molecular formula is C16H12FNO. The van der Waals surface area contributed by atoms with Crippen molar-refractivity contribution in [3.05, 3.63) is 70.5 Å². The number of nitrogens with zero attached hydrogens (tertiary/aromatic N) is 1. The fourth-order valence-electron chi connectivity index (χ4n) is 2.55. The molecular weight excluding hydrogens is 241 g/mol. The van der Waals surface area contributed by atoms with Gasteiger partial charge in [-0.2, -0.15) is 5.26 Å². The van der Waals surface area contributed by atoms with Crippen LogP contribution in [0.15, 0.2) is 42.5 Å². The van der Waals surface area contributed by atoms with Gasteiger partial charge >= 0.3 is 0 Å². The Hall–Kier alpha value is -2.18. The number of rotatable bonds is 1. The molecule has 0 fully saturated rings. The number of fused-ring (bicyclic) bond motifs is 1. The largest absolute Gasteiger partial charge is 0.361 e. The average Bonchev–Trinajstić information content (AvgIpc) is 2.78. The van der Waals surface area contributed by atoms with Gasteiger partial charge in [-0.3, -0.25) is 0 Å². The minimum absolute atomic E-state index is 0.259. The summed E-state index contributed by atoms with van der Waals surface area (Å²) < 4.78 is 18.9. The zero-order valence-corrected chi connectivity index (χ0v) is 10.5. The van der Waals surface area contributed by atoms with E-state index in [0.29, 0.717) is 12.2 Å². The van der Waals surface area contributed by atoms with Gasteiger partial charge in [0.1, 0.15) is 11.4 Å². The van der Waals surface area contributed by atoms with Crippen LogP contribution in [0.5, 0.6) is 0 Å². The lowest BCUT2D eigenvalue weighted by atomic mass is 9.87. The van der Waals surface area contributed by atoms with E-state index in [2.05, 4.69) is 6.07 Å². The van der Waals surface area contributed by atoms with Gasteiger partial charge in [0.25, 0.3) is 0 Å². The van der Waals surface area contributed by atoms with Gasteiger partial charge in [0.2, 0.25) is 0 Å². The molecule has 0 bridgehead atoms. The van der Waals surface area contributed by atoms with Crippen LogP contribution >= 0.6 is 0 Å². The number of halogens is 1. The van der Waals surface area contributed by atoms with E-state index < -0.39 is 5.60 Å². The van der Waals surface area contributed by atoms with Gasteiger partial charge in [0.05, 0.1) is 18.2 Å². The highest BCUT2D eigenvalue weighted by molar-refractivity contribution is 5.47. The first kappa shape index (κ1) is 11.9. The third-order valence-corrected chi connectivity index (χ3v) is 3.66. The SMILES string of the molecule is CC1(c2ccc(F)cc2)OCc2cc(C#N)ccc21. The Balaban J connectivity index is 2.10. The maximum Gasteiger partial charge on any atom is 0.123 e. The highest BCUT2D eigenvalue weighted by Gasteiger charge is 2.37. The van der Waals surface area contributed by atoms with Crippen molar-refractivity contribution in [2.45, 2.75) is 19.1 Å². The molecule has 0 aliphatic carbocycles. The Labute approximate surface area is 111 Å². The first-order chi connectivity index (χ1) is 9.13. The monoisotopic (exact) mass is 253 g/mol. The topological polar surface area (TPSA) is 33.0 Å². The first-order valence-corrected chi connectivity index (χ1v) is 6.07. The molecule has 19 heavy (non-hydrogen) atoms. The third kappa shape index (κ3) is 1.81. The van der Waals surface area contributed by atoms with Crippen molar-refractivity contribution in [3.63, 3.8) is 0 Å². The molecule has 0 aromatic heterocycles. The van der Waals surface area contributed by atoms with Gasteiger partial charge in [-0.1, -0.05) is 18.2 Å². The summed E-state index contributed by atoms with van der Waals surface area (Å²) in [7, 11) is 0. The van der Waals surface area contributed by atoms with Gasteiger partial charge in [-0.15, -0.1) is 0 Å². The molecule has 0 amide bonds. The second-order valence-corrected chi connectivity index (χ2v) is 4.81. The van der Waals surface area contributed by atoms with Crippen LogP contribution in [0.1, 0.15) is 29.2 Å². The van der Waals surface area contributed by atoms with Crippen molar-refractivity contribution < 1.29 is 9.13 Å². The fourth-order valence-corrected chi connectivity index (χ4v) is 2.55. The molecule has 1 aliphatic heterocycles. The molecule has 94 valence electrons. The van der Waals surface area contributed by atoms with E-state index in [1.807, 2.05) is 19.1 Å². The maximum absolute atomic E-state index is 13.0. The molecule has 0 radical (unpaired) electrons. The summed E-state index contributed by atoms with van der Waals surface area (Å²) in [6.07, 6.45) is 0. The predicted molar refractivity (Wildman–Crippen MR) is 68.8 cm³/mol.